The van der Waals surface area contributed by atoms with Gasteiger partial charge in [0.1, 0.15) is 17.4 Å². The van der Waals surface area contributed by atoms with Gasteiger partial charge in [-0.2, -0.15) is 0 Å². The van der Waals surface area contributed by atoms with Gasteiger partial charge in [-0.1, -0.05) is 0 Å². The summed E-state index contributed by atoms with van der Waals surface area (Å²) in [4.78, 5) is 14.9. The average molecular weight is 396 g/mol. The number of aryl methyl sites for hydroxylation is 1. The van der Waals surface area contributed by atoms with Crippen molar-refractivity contribution >= 4 is 38.0 Å². The van der Waals surface area contributed by atoms with E-state index in [-0.39, 0.29) is 22.1 Å². The first-order valence-corrected chi connectivity index (χ1v) is 10.4. The van der Waals surface area contributed by atoms with Crippen molar-refractivity contribution in [1.29, 1.82) is 0 Å². The van der Waals surface area contributed by atoms with Crippen molar-refractivity contribution in [2.75, 3.05) is 36.4 Å². The average Bonchev–Trinajstić information content (AvgIpc) is 2.95. The predicted molar refractivity (Wildman–Crippen MR) is 101 cm³/mol. The van der Waals surface area contributed by atoms with Gasteiger partial charge in [-0.15, -0.1) is 11.3 Å². The van der Waals surface area contributed by atoms with Crippen molar-refractivity contribution in [3.63, 3.8) is 0 Å². The van der Waals surface area contributed by atoms with Crippen LogP contribution in [0.25, 0.3) is 0 Å². The van der Waals surface area contributed by atoms with E-state index in [0.29, 0.717) is 24.6 Å². The van der Waals surface area contributed by atoms with Gasteiger partial charge >= 0.3 is 5.97 Å². The van der Waals surface area contributed by atoms with Gasteiger partial charge in [0.2, 0.25) is 0 Å². The van der Waals surface area contributed by atoms with E-state index in [4.69, 9.17) is 9.47 Å². The first-order chi connectivity index (χ1) is 12.3. The second-order valence-electron chi connectivity index (χ2n) is 5.83. The standard InChI is InChI=1S/C17H20N2O5S2/c1-4-23-17(20)13-9-11(2)25-16(13)18-26(21,22)12-5-6-15-14(10-12)19(3)7-8-24-15/h5-6,9-10,18H,4,7-8H2,1-3H3. The van der Waals surface area contributed by atoms with E-state index in [0.717, 1.165) is 4.88 Å². The van der Waals surface area contributed by atoms with Crippen LogP contribution in [-0.2, 0) is 14.8 Å². The predicted octanol–water partition coefficient (Wildman–Crippen LogP) is 2.86. The van der Waals surface area contributed by atoms with E-state index in [2.05, 4.69) is 4.72 Å². The maximum absolute atomic E-state index is 12.8. The Morgan fingerprint density at radius 2 is 2.15 bits per heavy atom. The topological polar surface area (TPSA) is 84.9 Å². The van der Waals surface area contributed by atoms with E-state index >= 15 is 0 Å². The molecule has 1 aliphatic heterocycles. The number of thiophene rings is 1. The molecule has 0 unspecified atom stereocenters. The molecule has 3 rings (SSSR count). The summed E-state index contributed by atoms with van der Waals surface area (Å²) in [5.41, 5.74) is 0.934. The van der Waals surface area contributed by atoms with Crippen LogP contribution in [0.4, 0.5) is 10.7 Å². The lowest BCUT2D eigenvalue weighted by Gasteiger charge is -2.28. The number of ether oxygens (including phenoxy) is 2. The Hall–Kier alpha value is -2.26. The Morgan fingerprint density at radius 3 is 2.88 bits per heavy atom. The van der Waals surface area contributed by atoms with Crippen LogP contribution in [0.2, 0.25) is 0 Å². The lowest BCUT2D eigenvalue weighted by atomic mass is 10.2. The fourth-order valence-electron chi connectivity index (χ4n) is 2.63. The van der Waals surface area contributed by atoms with Crippen molar-refractivity contribution in [3.8, 4) is 5.75 Å². The largest absolute Gasteiger partial charge is 0.490 e. The first-order valence-electron chi connectivity index (χ1n) is 8.10. The molecule has 1 N–H and O–H groups in total. The summed E-state index contributed by atoms with van der Waals surface area (Å²) < 4.78 is 38.7. The minimum Gasteiger partial charge on any atom is -0.490 e. The van der Waals surface area contributed by atoms with E-state index in [1.807, 2.05) is 11.9 Å². The number of nitrogens with zero attached hydrogens (tertiary/aromatic N) is 1. The van der Waals surface area contributed by atoms with Crippen molar-refractivity contribution in [2.24, 2.45) is 0 Å². The van der Waals surface area contributed by atoms with Crippen LogP contribution < -0.4 is 14.4 Å². The lowest BCUT2D eigenvalue weighted by Crippen LogP contribution is -2.29. The first kappa shape index (κ1) is 18.5. The number of nitrogens with one attached hydrogen (secondary N) is 1. The van der Waals surface area contributed by atoms with E-state index < -0.39 is 16.0 Å². The molecule has 7 nitrogen and oxygen atoms in total. The molecule has 0 aliphatic carbocycles. The van der Waals surface area contributed by atoms with Gasteiger partial charge in [0.15, 0.2) is 0 Å². The Labute approximate surface area is 156 Å². The Balaban J connectivity index is 1.93. The van der Waals surface area contributed by atoms with Gasteiger partial charge in [-0.05, 0) is 38.1 Å². The molecule has 0 saturated heterocycles. The van der Waals surface area contributed by atoms with Crippen LogP contribution in [0.1, 0.15) is 22.2 Å². The van der Waals surface area contributed by atoms with Crippen LogP contribution in [0.3, 0.4) is 0 Å². The summed E-state index contributed by atoms with van der Waals surface area (Å²) in [7, 11) is -1.98. The fraction of sp³-hybridized carbons (Fsp3) is 0.353. The zero-order chi connectivity index (χ0) is 18.9. The Morgan fingerprint density at radius 1 is 1.38 bits per heavy atom. The number of likely N-dealkylation sites (N-methyl/N-ethyl adjacent to an activating group) is 1. The van der Waals surface area contributed by atoms with Crippen molar-refractivity contribution in [3.05, 3.63) is 34.7 Å². The van der Waals surface area contributed by atoms with E-state index in [1.165, 1.54) is 17.4 Å². The zero-order valence-electron chi connectivity index (χ0n) is 14.7. The molecule has 0 saturated carbocycles. The molecule has 2 heterocycles. The molecular weight excluding hydrogens is 376 g/mol. The van der Waals surface area contributed by atoms with Crippen LogP contribution in [0, 0.1) is 6.92 Å². The summed E-state index contributed by atoms with van der Waals surface area (Å²) in [6.45, 7) is 4.96. The van der Waals surface area contributed by atoms with Crippen LogP contribution in [0.15, 0.2) is 29.2 Å². The highest BCUT2D eigenvalue weighted by atomic mass is 32.2. The molecule has 1 aromatic heterocycles. The molecule has 9 heteroatoms. The molecule has 0 atom stereocenters. The van der Waals surface area contributed by atoms with Crippen molar-refractivity contribution < 1.29 is 22.7 Å². The normalized spacial score (nSPS) is 13.7. The van der Waals surface area contributed by atoms with Gasteiger partial charge in [0.05, 0.1) is 29.3 Å². The summed E-state index contributed by atoms with van der Waals surface area (Å²) in [6, 6.07) is 6.33. The lowest BCUT2D eigenvalue weighted by molar-refractivity contribution is 0.0528. The molecule has 2 aromatic rings. The number of carbonyl (C=O) groups excluding carboxylic acids is 1. The number of sulfonamides is 1. The summed E-state index contributed by atoms with van der Waals surface area (Å²) in [5, 5.41) is 0.253. The quantitative estimate of drug-likeness (QED) is 0.783. The molecule has 26 heavy (non-hydrogen) atoms. The summed E-state index contributed by atoms with van der Waals surface area (Å²) in [6.07, 6.45) is 0. The number of hydrogen-bond donors (Lipinski definition) is 1. The molecule has 0 spiro atoms. The minimum atomic E-state index is -3.86. The number of benzene rings is 1. The minimum absolute atomic E-state index is 0.106. The van der Waals surface area contributed by atoms with Gasteiger partial charge in [0.25, 0.3) is 10.0 Å². The number of rotatable bonds is 5. The third-order valence-electron chi connectivity index (χ3n) is 3.91. The molecule has 0 radical (unpaired) electrons. The van der Waals surface area contributed by atoms with Crippen molar-refractivity contribution in [2.45, 2.75) is 18.7 Å². The third-order valence-corrected chi connectivity index (χ3v) is 6.36. The summed E-state index contributed by atoms with van der Waals surface area (Å²) in [5.74, 6) is 0.102. The van der Waals surface area contributed by atoms with Crippen LogP contribution in [-0.4, -0.2) is 41.2 Å². The monoisotopic (exact) mass is 396 g/mol. The SMILES string of the molecule is CCOC(=O)c1cc(C)sc1NS(=O)(=O)c1ccc2c(c1)N(C)CCO2. The molecular formula is C17H20N2O5S2. The highest BCUT2D eigenvalue weighted by Gasteiger charge is 2.24. The molecule has 0 amide bonds. The van der Waals surface area contributed by atoms with E-state index in [1.54, 1.807) is 32.0 Å². The molecule has 140 valence electrons. The highest BCUT2D eigenvalue weighted by molar-refractivity contribution is 7.93. The van der Waals surface area contributed by atoms with Crippen molar-refractivity contribution in [1.82, 2.24) is 0 Å². The number of anilines is 2. The Bertz CT molecular complexity index is 937. The number of esters is 1. The zero-order valence-corrected chi connectivity index (χ0v) is 16.4. The Kier molecular flexibility index (Phi) is 5.10. The molecule has 1 aliphatic rings. The molecule has 1 aromatic carbocycles. The second-order valence-corrected chi connectivity index (χ2v) is 8.76. The number of hydrogen-bond acceptors (Lipinski definition) is 7. The maximum atomic E-state index is 12.8. The van der Waals surface area contributed by atoms with Gasteiger partial charge in [-0.3, -0.25) is 4.72 Å². The van der Waals surface area contributed by atoms with Gasteiger partial charge in [0, 0.05) is 11.9 Å². The van der Waals surface area contributed by atoms with Gasteiger partial charge in [-0.25, -0.2) is 13.2 Å². The third kappa shape index (κ3) is 3.63. The van der Waals surface area contributed by atoms with Crippen LogP contribution >= 0.6 is 11.3 Å². The fourth-order valence-corrected chi connectivity index (χ4v) is 4.86. The smallest absolute Gasteiger partial charge is 0.341 e. The maximum Gasteiger partial charge on any atom is 0.341 e. The number of carbonyl (C=O) groups is 1. The highest BCUT2D eigenvalue weighted by Crippen LogP contribution is 2.35. The van der Waals surface area contributed by atoms with E-state index in [9.17, 15) is 13.2 Å². The summed E-state index contributed by atoms with van der Waals surface area (Å²) >= 11 is 1.19. The molecule has 0 fully saturated rings. The van der Waals surface area contributed by atoms with Gasteiger partial charge < -0.3 is 14.4 Å². The molecule has 0 bridgehead atoms. The second kappa shape index (κ2) is 7.16. The number of fused-ring (bicyclic) bond motifs is 1. The van der Waals surface area contributed by atoms with Crippen LogP contribution in [0.5, 0.6) is 5.75 Å².